The number of para-hydroxylation sites is 3. The van der Waals surface area contributed by atoms with E-state index in [1.807, 2.05) is 48.5 Å². The summed E-state index contributed by atoms with van der Waals surface area (Å²) < 4.78 is 0. The van der Waals surface area contributed by atoms with Crippen LogP contribution in [0.4, 0.5) is 11.4 Å². The second kappa shape index (κ2) is 7.71. The maximum atomic E-state index is 11.8. The molecule has 2 heterocycles. The Kier molecular flexibility index (Phi) is 4.52. The Morgan fingerprint density at radius 2 is 1.65 bits per heavy atom. The lowest BCUT2D eigenvalue weighted by molar-refractivity contribution is 0.100. The van der Waals surface area contributed by atoms with Gasteiger partial charge >= 0.3 is 0 Å². The predicted octanol–water partition coefficient (Wildman–Crippen LogP) is 6.08. The Morgan fingerprint density at radius 1 is 0.853 bits per heavy atom. The summed E-state index contributed by atoms with van der Waals surface area (Å²) in [5.41, 5.74) is 13.2. The molecule has 0 saturated carbocycles. The van der Waals surface area contributed by atoms with Gasteiger partial charge in [0, 0.05) is 22.0 Å². The van der Waals surface area contributed by atoms with Gasteiger partial charge in [0.25, 0.3) is 5.91 Å². The van der Waals surface area contributed by atoms with Crippen molar-refractivity contribution in [3.63, 3.8) is 0 Å². The predicted molar refractivity (Wildman–Crippen MR) is 137 cm³/mol. The van der Waals surface area contributed by atoms with Crippen molar-refractivity contribution in [3.05, 3.63) is 96.1 Å². The van der Waals surface area contributed by atoms with Crippen molar-refractivity contribution in [2.75, 3.05) is 5.32 Å². The van der Waals surface area contributed by atoms with Crippen molar-refractivity contribution in [2.45, 2.75) is 6.92 Å². The second-order valence-corrected chi connectivity index (χ2v) is 8.33. The molecule has 4 N–H and O–H groups in total. The fourth-order valence-electron chi connectivity index (χ4n) is 4.45. The number of benzene rings is 4. The Labute approximate surface area is 195 Å². The number of pyridine rings is 1. The lowest BCUT2D eigenvalue weighted by atomic mass is 10.0. The Balaban J connectivity index is 1.48. The first kappa shape index (κ1) is 19.9. The maximum Gasteiger partial charge on any atom is 0.250 e. The third-order valence-corrected chi connectivity index (χ3v) is 6.10. The number of H-pyrrole nitrogens is 1. The summed E-state index contributed by atoms with van der Waals surface area (Å²) in [5, 5.41) is 5.76. The van der Waals surface area contributed by atoms with Gasteiger partial charge in [0.2, 0.25) is 0 Å². The van der Waals surface area contributed by atoms with Crippen molar-refractivity contribution in [2.24, 2.45) is 5.73 Å². The van der Waals surface area contributed by atoms with Gasteiger partial charge in [-0.25, -0.2) is 9.97 Å². The van der Waals surface area contributed by atoms with Crippen LogP contribution in [0.5, 0.6) is 0 Å². The highest BCUT2D eigenvalue weighted by Gasteiger charge is 2.14. The SMILES string of the molecule is Cc1cccc2c(Nc3cccc(-c4nc5c(C(N)=O)cccc5[nH]4)c3)c3ccccc3nc12. The number of aromatic amines is 1. The lowest BCUT2D eigenvalue weighted by Gasteiger charge is -2.15. The summed E-state index contributed by atoms with van der Waals surface area (Å²) in [4.78, 5) is 24.7. The number of aryl methyl sites for hydroxylation is 1. The van der Waals surface area contributed by atoms with E-state index in [9.17, 15) is 4.79 Å². The van der Waals surface area contributed by atoms with E-state index in [2.05, 4.69) is 46.5 Å². The minimum Gasteiger partial charge on any atom is -0.366 e. The molecule has 0 aliphatic heterocycles. The lowest BCUT2D eigenvalue weighted by Crippen LogP contribution is -2.11. The van der Waals surface area contributed by atoms with Gasteiger partial charge in [0.15, 0.2) is 0 Å². The van der Waals surface area contributed by atoms with Gasteiger partial charge in [-0.1, -0.05) is 54.6 Å². The number of anilines is 2. The van der Waals surface area contributed by atoms with Crippen molar-refractivity contribution < 1.29 is 4.79 Å². The molecule has 0 aliphatic carbocycles. The molecular weight excluding hydrogens is 422 g/mol. The van der Waals surface area contributed by atoms with Gasteiger partial charge in [-0.2, -0.15) is 0 Å². The molecule has 0 bridgehead atoms. The first-order chi connectivity index (χ1) is 16.6. The summed E-state index contributed by atoms with van der Waals surface area (Å²) in [7, 11) is 0. The molecule has 6 aromatic rings. The molecule has 0 unspecified atom stereocenters. The summed E-state index contributed by atoms with van der Waals surface area (Å²) in [6, 6.07) is 27.8. The molecule has 0 fully saturated rings. The number of aromatic nitrogens is 3. The zero-order valence-electron chi connectivity index (χ0n) is 18.5. The number of carbonyl (C=O) groups excluding carboxylic acids is 1. The van der Waals surface area contributed by atoms with Crippen molar-refractivity contribution in [1.82, 2.24) is 15.0 Å². The van der Waals surface area contributed by atoms with Crippen LogP contribution in [0.15, 0.2) is 84.9 Å². The van der Waals surface area contributed by atoms with Gasteiger partial charge < -0.3 is 16.0 Å². The molecule has 1 amide bonds. The van der Waals surface area contributed by atoms with E-state index >= 15 is 0 Å². The zero-order valence-corrected chi connectivity index (χ0v) is 18.5. The molecule has 4 aromatic carbocycles. The number of hydrogen-bond donors (Lipinski definition) is 3. The first-order valence-corrected chi connectivity index (χ1v) is 11.0. The minimum absolute atomic E-state index is 0.402. The molecule has 164 valence electrons. The topological polar surface area (TPSA) is 96.7 Å². The number of nitrogens with two attached hydrogens (primary N) is 1. The van der Waals surface area contributed by atoms with Gasteiger partial charge in [-0.15, -0.1) is 0 Å². The quantitative estimate of drug-likeness (QED) is 0.288. The molecular formula is C28H21N5O. The van der Waals surface area contributed by atoms with Crippen LogP contribution in [0.2, 0.25) is 0 Å². The number of rotatable bonds is 4. The smallest absolute Gasteiger partial charge is 0.250 e. The van der Waals surface area contributed by atoms with E-state index in [4.69, 9.17) is 10.7 Å². The largest absolute Gasteiger partial charge is 0.366 e. The second-order valence-electron chi connectivity index (χ2n) is 8.33. The molecule has 0 atom stereocenters. The summed E-state index contributed by atoms with van der Waals surface area (Å²) in [6.45, 7) is 2.08. The Hall–Kier alpha value is -4.71. The molecule has 6 rings (SSSR count). The monoisotopic (exact) mass is 443 g/mol. The molecule has 2 aromatic heterocycles. The fraction of sp³-hybridized carbons (Fsp3) is 0.0357. The minimum atomic E-state index is -0.495. The van der Waals surface area contributed by atoms with Gasteiger partial charge in [0.1, 0.15) is 11.3 Å². The first-order valence-electron chi connectivity index (χ1n) is 11.0. The molecule has 0 radical (unpaired) electrons. The number of primary amides is 1. The van der Waals surface area contributed by atoms with Gasteiger partial charge in [-0.3, -0.25) is 4.79 Å². The van der Waals surface area contributed by atoms with Crippen LogP contribution in [0.25, 0.3) is 44.2 Å². The Bertz CT molecular complexity index is 1730. The molecule has 34 heavy (non-hydrogen) atoms. The molecule has 6 heteroatoms. The average molecular weight is 444 g/mol. The normalized spacial score (nSPS) is 11.3. The third kappa shape index (κ3) is 3.24. The van der Waals surface area contributed by atoms with Crippen LogP contribution in [0, 0.1) is 6.92 Å². The highest BCUT2D eigenvalue weighted by molar-refractivity contribution is 6.09. The van der Waals surface area contributed by atoms with E-state index in [-0.39, 0.29) is 0 Å². The number of fused-ring (bicyclic) bond motifs is 3. The van der Waals surface area contributed by atoms with Crippen LogP contribution >= 0.6 is 0 Å². The van der Waals surface area contributed by atoms with Gasteiger partial charge in [-0.05, 0) is 42.8 Å². The standard InChI is InChI=1S/C28H21N5O/c1-16-7-4-11-20-24(16)31-22-13-3-2-10-19(22)25(20)30-18-9-5-8-17(15-18)28-32-23-14-6-12-21(27(29)34)26(23)33-28/h2-15H,1H3,(H2,29,34)(H,30,31)(H,32,33). The molecule has 0 saturated heterocycles. The summed E-state index contributed by atoms with van der Waals surface area (Å²) in [5.74, 6) is 0.179. The van der Waals surface area contributed by atoms with E-state index in [0.717, 1.165) is 49.8 Å². The summed E-state index contributed by atoms with van der Waals surface area (Å²) in [6.07, 6.45) is 0. The Morgan fingerprint density at radius 3 is 2.53 bits per heavy atom. The summed E-state index contributed by atoms with van der Waals surface area (Å²) >= 11 is 0. The fourth-order valence-corrected chi connectivity index (χ4v) is 4.45. The van der Waals surface area contributed by atoms with Gasteiger partial charge in [0.05, 0.1) is 27.8 Å². The van der Waals surface area contributed by atoms with E-state index in [0.29, 0.717) is 16.9 Å². The third-order valence-electron chi connectivity index (χ3n) is 6.10. The highest BCUT2D eigenvalue weighted by Crippen LogP contribution is 2.35. The van der Waals surface area contributed by atoms with Crippen molar-refractivity contribution in [3.8, 4) is 11.4 Å². The highest BCUT2D eigenvalue weighted by atomic mass is 16.1. The van der Waals surface area contributed by atoms with Crippen LogP contribution in [-0.2, 0) is 0 Å². The zero-order chi connectivity index (χ0) is 23.2. The van der Waals surface area contributed by atoms with E-state index in [1.54, 1.807) is 12.1 Å². The molecule has 0 aliphatic rings. The molecule has 0 spiro atoms. The number of hydrogen-bond acceptors (Lipinski definition) is 4. The van der Waals surface area contributed by atoms with Crippen LogP contribution in [0.1, 0.15) is 15.9 Å². The number of nitrogens with zero attached hydrogens (tertiary/aromatic N) is 2. The van der Waals surface area contributed by atoms with Crippen LogP contribution < -0.4 is 11.1 Å². The van der Waals surface area contributed by atoms with Crippen molar-refractivity contribution >= 4 is 50.1 Å². The van der Waals surface area contributed by atoms with Crippen molar-refractivity contribution in [1.29, 1.82) is 0 Å². The van der Waals surface area contributed by atoms with Crippen LogP contribution in [0.3, 0.4) is 0 Å². The number of carbonyl (C=O) groups is 1. The van der Waals surface area contributed by atoms with E-state index < -0.39 is 5.91 Å². The van der Waals surface area contributed by atoms with E-state index in [1.165, 1.54) is 0 Å². The number of amides is 1. The average Bonchev–Trinajstić information content (AvgIpc) is 3.29. The van der Waals surface area contributed by atoms with Crippen LogP contribution in [-0.4, -0.2) is 20.9 Å². The number of nitrogens with one attached hydrogen (secondary N) is 2. The maximum absolute atomic E-state index is 11.8. The number of imidazole rings is 1. The molecule has 6 nitrogen and oxygen atoms in total.